The minimum atomic E-state index is 0.362. The van der Waals surface area contributed by atoms with Crippen LogP contribution in [0.25, 0.3) is 0 Å². The Morgan fingerprint density at radius 2 is 1.82 bits per heavy atom. The minimum Gasteiger partial charge on any atom is -0.0852 e. The van der Waals surface area contributed by atoms with E-state index < -0.39 is 0 Å². The van der Waals surface area contributed by atoms with Gasteiger partial charge in [-0.15, -0.1) is 0 Å². The van der Waals surface area contributed by atoms with Gasteiger partial charge in [0.15, 0.2) is 0 Å². The number of hydrogen-bond donors (Lipinski definition) is 0. The summed E-state index contributed by atoms with van der Waals surface area (Å²) in [7, 11) is 0. The maximum absolute atomic E-state index is 3.84. The first-order chi connectivity index (χ1) is 4.81. The Labute approximate surface area is 86.4 Å². The predicted molar refractivity (Wildman–Crippen MR) is 57.6 cm³/mol. The van der Waals surface area contributed by atoms with E-state index in [1.54, 1.807) is 0 Å². The Bertz CT molecular complexity index is 163. The first-order valence-electron chi connectivity index (χ1n) is 4.18. The molecule has 3 atom stereocenters. The maximum Gasteiger partial charge on any atom is 0.0332 e. The van der Waals surface area contributed by atoms with Gasteiger partial charge in [-0.3, -0.25) is 0 Å². The van der Waals surface area contributed by atoms with Crippen molar-refractivity contribution in [3.8, 4) is 0 Å². The van der Waals surface area contributed by atoms with Crippen LogP contribution in [0.15, 0.2) is 0 Å². The van der Waals surface area contributed by atoms with Crippen LogP contribution >= 0.6 is 31.9 Å². The fourth-order valence-corrected chi connectivity index (χ4v) is 4.55. The van der Waals surface area contributed by atoms with Crippen molar-refractivity contribution in [3.05, 3.63) is 0 Å². The fourth-order valence-electron chi connectivity index (χ4n) is 1.91. The van der Waals surface area contributed by atoms with Gasteiger partial charge in [0.05, 0.1) is 0 Å². The molecule has 0 amide bonds. The molecule has 0 aliphatic heterocycles. The summed E-state index contributed by atoms with van der Waals surface area (Å²) in [6.07, 6.45) is 1.23. The van der Waals surface area contributed by atoms with E-state index in [-0.39, 0.29) is 0 Å². The summed E-state index contributed by atoms with van der Waals surface area (Å²) in [4.78, 5) is 0. The average Bonchev–Trinajstić information content (AvgIpc) is 1.86. The lowest BCUT2D eigenvalue weighted by Crippen LogP contribution is -2.59. The van der Waals surface area contributed by atoms with Gasteiger partial charge < -0.3 is 0 Å². The second-order valence-corrected chi connectivity index (χ2v) is 7.55. The summed E-state index contributed by atoms with van der Waals surface area (Å²) >= 11 is 7.59. The molecule has 1 rings (SSSR count). The van der Waals surface area contributed by atoms with Crippen molar-refractivity contribution >= 4 is 31.9 Å². The normalized spacial score (nSPS) is 51.0. The lowest BCUT2D eigenvalue weighted by molar-refractivity contribution is 0.139. The number of rotatable bonds is 1. The van der Waals surface area contributed by atoms with Gasteiger partial charge in [-0.05, 0) is 25.2 Å². The summed E-state index contributed by atoms with van der Waals surface area (Å²) in [5, 5.41) is 0. The third kappa shape index (κ3) is 1.41. The van der Waals surface area contributed by atoms with Crippen molar-refractivity contribution in [3.63, 3.8) is 0 Å². The molecule has 3 unspecified atom stereocenters. The molecule has 66 valence electrons. The van der Waals surface area contributed by atoms with E-state index in [0.717, 1.165) is 11.8 Å². The molecule has 0 spiro atoms. The van der Waals surface area contributed by atoms with Crippen LogP contribution in [0.5, 0.6) is 0 Å². The molecule has 0 radical (unpaired) electrons. The second kappa shape index (κ2) is 2.73. The average molecular weight is 284 g/mol. The molecular formula is C9H16Br2. The number of alkyl halides is 2. The lowest BCUT2D eigenvalue weighted by atomic mass is 9.62. The third-order valence-corrected chi connectivity index (χ3v) is 6.05. The van der Waals surface area contributed by atoms with E-state index in [1.165, 1.54) is 6.42 Å². The van der Waals surface area contributed by atoms with Gasteiger partial charge in [0.25, 0.3) is 0 Å². The van der Waals surface area contributed by atoms with Gasteiger partial charge >= 0.3 is 0 Å². The molecule has 0 aromatic heterocycles. The van der Waals surface area contributed by atoms with Gasteiger partial charge in [0.1, 0.15) is 0 Å². The zero-order chi connectivity index (χ0) is 8.86. The van der Waals surface area contributed by atoms with Crippen LogP contribution in [0.4, 0.5) is 0 Å². The van der Waals surface area contributed by atoms with Crippen LogP contribution in [0.3, 0.4) is 0 Å². The van der Waals surface area contributed by atoms with E-state index in [1.807, 2.05) is 0 Å². The molecule has 1 aliphatic rings. The van der Waals surface area contributed by atoms with E-state index in [0.29, 0.717) is 8.65 Å². The monoisotopic (exact) mass is 282 g/mol. The van der Waals surface area contributed by atoms with Crippen LogP contribution in [-0.2, 0) is 0 Å². The van der Waals surface area contributed by atoms with Crippen molar-refractivity contribution in [2.24, 2.45) is 11.8 Å². The highest BCUT2D eigenvalue weighted by Gasteiger charge is 2.57. The topological polar surface area (TPSA) is 0 Å². The highest BCUT2D eigenvalue weighted by molar-refractivity contribution is 9.11. The van der Waals surface area contributed by atoms with Crippen LogP contribution in [-0.4, -0.2) is 8.65 Å². The maximum atomic E-state index is 3.84. The van der Waals surface area contributed by atoms with Gasteiger partial charge in [-0.2, -0.15) is 0 Å². The molecule has 0 N–H and O–H groups in total. The zero-order valence-electron chi connectivity index (χ0n) is 7.62. The van der Waals surface area contributed by atoms with Crippen molar-refractivity contribution < 1.29 is 0 Å². The molecular weight excluding hydrogens is 268 g/mol. The quantitative estimate of drug-likeness (QED) is 0.639. The van der Waals surface area contributed by atoms with E-state index in [4.69, 9.17) is 0 Å². The Hall–Kier alpha value is 0.960. The van der Waals surface area contributed by atoms with Crippen molar-refractivity contribution in [1.82, 2.24) is 0 Å². The van der Waals surface area contributed by atoms with Crippen molar-refractivity contribution in [1.29, 1.82) is 0 Å². The summed E-state index contributed by atoms with van der Waals surface area (Å²) < 4.78 is 0.742. The fraction of sp³-hybridized carbons (Fsp3) is 1.00. The van der Waals surface area contributed by atoms with Crippen molar-refractivity contribution in [2.45, 2.75) is 42.8 Å². The molecule has 0 aromatic carbocycles. The predicted octanol–water partition coefficient (Wildman–Crippen LogP) is 3.97. The van der Waals surface area contributed by atoms with E-state index >= 15 is 0 Å². The lowest BCUT2D eigenvalue weighted by Gasteiger charge is -2.57. The van der Waals surface area contributed by atoms with E-state index in [2.05, 4.69) is 59.6 Å². The Balaban J connectivity index is 2.69. The molecule has 1 saturated carbocycles. The molecule has 0 heterocycles. The van der Waals surface area contributed by atoms with Crippen LogP contribution < -0.4 is 0 Å². The molecule has 0 saturated heterocycles. The highest BCUT2D eigenvalue weighted by Crippen LogP contribution is 2.60. The summed E-state index contributed by atoms with van der Waals surface area (Å²) in [6.45, 7) is 9.16. The van der Waals surface area contributed by atoms with Gasteiger partial charge in [-0.1, -0.05) is 52.6 Å². The third-order valence-electron chi connectivity index (χ3n) is 3.20. The second-order valence-electron chi connectivity index (χ2n) is 4.26. The van der Waals surface area contributed by atoms with Gasteiger partial charge in [-0.25, -0.2) is 0 Å². The molecule has 1 aliphatic carbocycles. The summed E-state index contributed by atoms with van der Waals surface area (Å²) in [6, 6.07) is 0. The summed E-state index contributed by atoms with van der Waals surface area (Å²) in [5.74, 6) is 1.44. The first-order valence-corrected chi connectivity index (χ1v) is 5.77. The van der Waals surface area contributed by atoms with Crippen molar-refractivity contribution in [2.75, 3.05) is 0 Å². The smallest absolute Gasteiger partial charge is 0.0332 e. The largest absolute Gasteiger partial charge is 0.0852 e. The molecule has 0 bridgehead atoms. The Morgan fingerprint density at radius 1 is 1.36 bits per heavy atom. The standard InChI is InChI=1S/C9H16Br2/c1-6(2)9(11)5-8(4,10)7(9)3/h6-7H,5H2,1-4H3. The van der Waals surface area contributed by atoms with Gasteiger partial charge in [0, 0.05) is 8.65 Å². The van der Waals surface area contributed by atoms with Gasteiger partial charge in [0.2, 0.25) is 0 Å². The van der Waals surface area contributed by atoms with Crippen LogP contribution in [0, 0.1) is 11.8 Å². The minimum absolute atomic E-state index is 0.362. The number of hydrogen-bond acceptors (Lipinski definition) is 0. The zero-order valence-corrected chi connectivity index (χ0v) is 10.8. The molecule has 2 heteroatoms. The van der Waals surface area contributed by atoms with Crippen LogP contribution in [0.2, 0.25) is 0 Å². The summed E-state index contributed by atoms with van der Waals surface area (Å²) in [5.41, 5.74) is 0. The molecule has 0 nitrogen and oxygen atoms in total. The molecule has 1 fully saturated rings. The SMILES string of the molecule is CC(C)C1(Br)CC(C)(Br)C1C. The Morgan fingerprint density at radius 3 is 1.91 bits per heavy atom. The highest BCUT2D eigenvalue weighted by atomic mass is 79.9. The molecule has 11 heavy (non-hydrogen) atoms. The van der Waals surface area contributed by atoms with Crippen LogP contribution in [0.1, 0.15) is 34.1 Å². The molecule has 0 aromatic rings. The number of halogens is 2. The Kier molecular flexibility index (Phi) is 2.49. The van der Waals surface area contributed by atoms with E-state index in [9.17, 15) is 0 Å². The first kappa shape index (κ1) is 10.0.